The molecule has 0 aliphatic heterocycles. The van der Waals surface area contributed by atoms with Crippen LogP contribution in [0.2, 0.25) is 0 Å². The van der Waals surface area contributed by atoms with Gasteiger partial charge in [-0.25, -0.2) is 4.39 Å². The predicted octanol–water partition coefficient (Wildman–Crippen LogP) is 3.38. The quantitative estimate of drug-likeness (QED) is 0.865. The predicted molar refractivity (Wildman–Crippen MR) is 69.8 cm³/mol. The number of para-hydroxylation sites is 1. The number of phenolic OH excluding ortho intramolecular Hbond substituents is 1. The summed E-state index contributed by atoms with van der Waals surface area (Å²) in [5, 5.41) is 12.9. The van der Waals surface area contributed by atoms with Crippen molar-refractivity contribution in [3.8, 4) is 5.75 Å². The molecule has 0 radical (unpaired) electrons. The molecule has 0 aliphatic rings. The molecule has 2 nitrogen and oxygen atoms in total. The van der Waals surface area contributed by atoms with Gasteiger partial charge in [0.15, 0.2) is 0 Å². The molecule has 0 bridgehead atoms. The number of nitrogens with one attached hydrogen (secondary N) is 1. The Bertz CT molecular complexity index is 510. The number of phenols is 1. The third-order valence-electron chi connectivity index (χ3n) is 2.96. The van der Waals surface area contributed by atoms with Crippen molar-refractivity contribution >= 4 is 0 Å². The Morgan fingerprint density at radius 3 is 2.44 bits per heavy atom. The molecule has 0 unspecified atom stereocenters. The Hall–Kier alpha value is -1.87. The van der Waals surface area contributed by atoms with E-state index in [2.05, 4.69) is 5.32 Å². The van der Waals surface area contributed by atoms with Gasteiger partial charge < -0.3 is 10.4 Å². The van der Waals surface area contributed by atoms with E-state index in [1.807, 2.05) is 19.1 Å². The maximum Gasteiger partial charge on any atom is 0.123 e. The summed E-state index contributed by atoms with van der Waals surface area (Å²) in [7, 11) is 0. The summed E-state index contributed by atoms with van der Waals surface area (Å²) in [6.45, 7) is 2.58. The average molecular weight is 245 g/mol. The summed E-state index contributed by atoms with van der Waals surface area (Å²) in [5.74, 6) is 0.0583. The minimum Gasteiger partial charge on any atom is -0.508 e. The third kappa shape index (κ3) is 3.08. The van der Waals surface area contributed by atoms with Crippen LogP contribution in [0.4, 0.5) is 4.39 Å². The van der Waals surface area contributed by atoms with Crippen molar-refractivity contribution in [1.29, 1.82) is 0 Å². The maximum absolute atomic E-state index is 12.8. The van der Waals surface area contributed by atoms with E-state index < -0.39 is 0 Å². The molecule has 0 heterocycles. The first kappa shape index (κ1) is 12.6. The van der Waals surface area contributed by atoms with Crippen molar-refractivity contribution in [3.05, 3.63) is 65.5 Å². The summed E-state index contributed by atoms with van der Waals surface area (Å²) >= 11 is 0. The van der Waals surface area contributed by atoms with E-state index in [0.717, 1.165) is 11.1 Å². The zero-order chi connectivity index (χ0) is 13.0. The van der Waals surface area contributed by atoms with Crippen LogP contribution in [0.5, 0.6) is 5.75 Å². The Labute approximate surface area is 106 Å². The van der Waals surface area contributed by atoms with Crippen LogP contribution in [0.3, 0.4) is 0 Å². The minimum absolute atomic E-state index is 0.102. The molecule has 2 rings (SSSR count). The highest BCUT2D eigenvalue weighted by molar-refractivity contribution is 5.31. The van der Waals surface area contributed by atoms with Gasteiger partial charge in [-0.2, -0.15) is 0 Å². The molecular formula is C15H16FNO. The number of rotatable bonds is 4. The summed E-state index contributed by atoms with van der Waals surface area (Å²) in [4.78, 5) is 0. The fourth-order valence-corrected chi connectivity index (χ4v) is 1.79. The Balaban J connectivity index is 1.98. The van der Waals surface area contributed by atoms with Crippen molar-refractivity contribution in [2.45, 2.75) is 19.5 Å². The molecule has 2 N–H and O–H groups in total. The summed E-state index contributed by atoms with van der Waals surface area (Å²) < 4.78 is 12.8. The molecule has 0 aromatic heterocycles. The van der Waals surface area contributed by atoms with Crippen molar-refractivity contribution in [2.24, 2.45) is 0 Å². The molecule has 1 atom stereocenters. The molecule has 94 valence electrons. The van der Waals surface area contributed by atoms with Gasteiger partial charge in [0.25, 0.3) is 0 Å². The lowest BCUT2D eigenvalue weighted by molar-refractivity contribution is 0.460. The molecule has 0 spiro atoms. The minimum atomic E-state index is -0.230. The van der Waals surface area contributed by atoms with Crippen LogP contribution < -0.4 is 5.32 Å². The number of hydrogen-bond donors (Lipinski definition) is 2. The molecular weight excluding hydrogens is 229 g/mol. The molecule has 2 aromatic rings. The molecule has 0 aliphatic carbocycles. The van der Waals surface area contributed by atoms with Gasteiger partial charge in [-0.3, -0.25) is 0 Å². The zero-order valence-electron chi connectivity index (χ0n) is 10.2. The summed E-state index contributed by atoms with van der Waals surface area (Å²) in [6, 6.07) is 13.8. The lowest BCUT2D eigenvalue weighted by atomic mass is 10.1. The van der Waals surface area contributed by atoms with E-state index in [-0.39, 0.29) is 17.6 Å². The van der Waals surface area contributed by atoms with E-state index in [4.69, 9.17) is 0 Å². The van der Waals surface area contributed by atoms with Crippen LogP contribution in [-0.4, -0.2) is 5.11 Å². The lowest BCUT2D eigenvalue weighted by Crippen LogP contribution is -2.18. The normalized spacial score (nSPS) is 12.3. The van der Waals surface area contributed by atoms with Crippen molar-refractivity contribution < 1.29 is 9.50 Å². The van der Waals surface area contributed by atoms with Crippen molar-refractivity contribution in [2.75, 3.05) is 0 Å². The average Bonchev–Trinajstić information content (AvgIpc) is 2.38. The molecule has 0 saturated carbocycles. The smallest absolute Gasteiger partial charge is 0.123 e. The zero-order valence-corrected chi connectivity index (χ0v) is 10.2. The van der Waals surface area contributed by atoms with Gasteiger partial charge in [-0.05, 0) is 30.7 Å². The fourth-order valence-electron chi connectivity index (χ4n) is 1.79. The van der Waals surface area contributed by atoms with Crippen molar-refractivity contribution in [3.63, 3.8) is 0 Å². The first-order valence-corrected chi connectivity index (χ1v) is 5.92. The van der Waals surface area contributed by atoms with Gasteiger partial charge in [0.05, 0.1) is 0 Å². The standard InChI is InChI=1S/C15H16FNO/c1-11(12-6-8-14(16)9-7-12)17-10-13-4-2-3-5-15(13)18/h2-9,11,17-18H,10H2,1H3/t11-/m1/s1. The van der Waals surface area contributed by atoms with Gasteiger partial charge >= 0.3 is 0 Å². The van der Waals surface area contributed by atoms with Crippen molar-refractivity contribution in [1.82, 2.24) is 5.32 Å². The number of halogens is 1. The molecule has 2 aromatic carbocycles. The molecule has 0 saturated heterocycles. The van der Waals surface area contributed by atoms with Gasteiger partial charge in [0.1, 0.15) is 11.6 Å². The van der Waals surface area contributed by atoms with Crippen LogP contribution in [0.25, 0.3) is 0 Å². The van der Waals surface area contributed by atoms with Gasteiger partial charge in [0, 0.05) is 18.2 Å². The second kappa shape index (κ2) is 5.65. The molecule has 18 heavy (non-hydrogen) atoms. The van der Waals surface area contributed by atoms with Gasteiger partial charge in [0.2, 0.25) is 0 Å². The van der Waals surface area contributed by atoms with E-state index >= 15 is 0 Å². The number of hydrogen-bond acceptors (Lipinski definition) is 2. The molecule has 0 amide bonds. The van der Waals surface area contributed by atoms with E-state index in [1.165, 1.54) is 12.1 Å². The number of aromatic hydroxyl groups is 1. The van der Waals surface area contributed by atoms with Crippen LogP contribution in [-0.2, 0) is 6.54 Å². The van der Waals surface area contributed by atoms with Gasteiger partial charge in [-0.1, -0.05) is 30.3 Å². The van der Waals surface area contributed by atoms with Crippen LogP contribution in [0.15, 0.2) is 48.5 Å². The van der Waals surface area contributed by atoms with Crippen LogP contribution in [0, 0.1) is 5.82 Å². The molecule has 0 fully saturated rings. The highest BCUT2D eigenvalue weighted by atomic mass is 19.1. The SMILES string of the molecule is C[C@@H](NCc1ccccc1O)c1ccc(F)cc1. The van der Waals surface area contributed by atoms with Gasteiger partial charge in [-0.15, -0.1) is 0 Å². The highest BCUT2D eigenvalue weighted by Crippen LogP contribution is 2.18. The lowest BCUT2D eigenvalue weighted by Gasteiger charge is -2.14. The molecule has 3 heteroatoms. The monoisotopic (exact) mass is 245 g/mol. The second-order valence-corrected chi connectivity index (χ2v) is 4.28. The largest absolute Gasteiger partial charge is 0.508 e. The number of benzene rings is 2. The van der Waals surface area contributed by atoms with E-state index in [1.54, 1.807) is 24.3 Å². The second-order valence-electron chi connectivity index (χ2n) is 4.28. The first-order chi connectivity index (χ1) is 8.66. The van der Waals surface area contributed by atoms with E-state index in [9.17, 15) is 9.50 Å². The Morgan fingerprint density at radius 2 is 1.78 bits per heavy atom. The summed E-state index contributed by atoms with van der Waals surface area (Å²) in [6.07, 6.45) is 0. The third-order valence-corrected chi connectivity index (χ3v) is 2.96. The highest BCUT2D eigenvalue weighted by Gasteiger charge is 2.06. The van der Waals surface area contributed by atoms with Crippen LogP contribution >= 0.6 is 0 Å². The Morgan fingerprint density at radius 1 is 1.11 bits per heavy atom. The summed E-state index contributed by atoms with van der Waals surface area (Å²) in [5.41, 5.74) is 1.87. The first-order valence-electron chi connectivity index (χ1n) is 5.92. The van der Waals surface area contributed by atoms with E-state index in [0.29, 0.717) is 6.54 Å². The van der Waals surface area contributed by atoms with Crippen LogP contribution in [0.1, 0.15) is 24.1 Å². The maximum atomic E-state index is 12.8. The topological polar surface area (TPSA) is 32.3 Å². The Kier molecular flexibility index (Phi) is 3.95. The fraction of sp³-hybridized carbons (Fsp3) is 0.200.